The van der Waals surface area contributed by atoms with Crippen LogP contribution in [0, 0.1) is 11.8 Å². The molecule has 1 aliphatic heterocycles. The molecule has 1 amide bonds. The van der Waals surface area contributed by atoms with Crippen molar-refractivity contribution in [2.75, 3.05) is 13.1 Å². The summed E-state index contributed by atoms with van der Waals surface area (Å²) in [6.07, 6.45) is 5.26. The lowest BCUT2D eigenvalue weighted by atomic mass is 9.78. The molecule has 2 aliphatic rings. The molecule has 2 bridgehead atoms. The zero-order chi connectivity index (χ0) is 12.5. The van der Waals surface area contributed by atoms with Crippen LogP contribution in [-0.2, 0) is 0 Å². The average Bonchev–Trinajstić information content (AvgIpc) is 2.38. The fourth-order valence-corrected chi connectivity index (χ4v) is 3.68. The first kappa shape index (κ1) is 12.1. The monoisotopic (exact) mass is 261 g/mol. The van der Waals surface area contributed by atoms with E-state index in [1.807, 2.05) is 29.2 Å². The first-order valence-electron chi connectivity index (χ1n) is 6.81. The van der Waals surface area contributed by atoms with Gasteiger partial charge in [0.2, 0.25) is 0 Å². The summed E-state index contributed by atoms with van der Waals surface area (Å²) < 4.78 is 0. The topological polar surface area (TPSA) is 20.3 Å². The van der Waals surface area contributed by atoms with Gasteiger partial charge in [0.05, 0.1) is 5.56 Å². The van der Waals surface area contributed by atoms with Gasteiger partial charge < -0.3 is 4.90 Å². The van der Waals surface area contributed by atoms with Gasteiger partial charge >= 0.3 is 0 Å². The molecule has 0 aromatic heterocycles. The van der Waals surface area contributed by atoms with E-state index in [9.17, 15) is 4.79 Å². The SMILES string of the molecule is O=C(c1ccccc1S)N1CC2CCCC(C2)C1. The third-order valence-corrected chi connectivity index (χ3v) is 4.66. The summed E-state index contributed by atoms with van der Waals surface area (Å²) in [5.41, 5.74) is 0.751. The maximum absolute atomic E-state index is 12.5. The van der Waals surface area contributed by atoms with Crippen molar-refractivity contribution in [1.82, 2.24) is 4.90 Å². The molecule has 1 saturated carbocycles. The normalized spacial score (nSPS) is 27.1. The van der Waals surface area contributed by atoms with E-state index in [1.54, 1.807) is 0 Å². The molecular formula is C15H19NOS. The average molecular weight is 261 g/mol. The molecule has 2 unspecified atom stereocenters. The first-order chi connectivity index (χ1) is 8.74. The van der Waals surface area contributed by atoms with Crippen LogP contribution in [0.4, 0.5) is 0 Å². The zero-order valence-electron chi connectivity index (χ0n) is 10.5. The van der Waals surface area contributed by atoms with Crippen molar-refractivity contribution in [3.63, 3.8) is 0 Å². The molecule has 3 rings (SSSR count). The van der Waals surface area contributed by atoms with Crippen LogP contribution in [0.2, 0.25) is 0 Å². The van der Waals surface area contributed by atoms with Crippen molar-refractivity contribution < 1.29 is 4.79 Å². The standard InChI is InChI=1S/C15H19NOS/c17-15(13-6-1-2-7-14(13)18)16-9-11-4-3-5-12(8-11)10-16/h1-2,6-7,11-12,18H,3-5,8-10H2. The van der Waals surface area contributed by atoms with Gasteiger partial charge in [-0.05, 0) is 43.2 Å². The Labute approximate surface area is 114 Å². The van der Waals surface area contributed by atoms with Crippen molar-refractivity contribution >= 4 is 18.5 Å². The minimum absolute atomic E-state index is 0.164. The van der Waals surface area contributed by atoms with E-state index in [0.29, 0.717) is 0 Å². The van der Waals surface area contributed by atoms with E-state index in [-0.39, 0.29) is 5.91 Å². The number of thiol groups is 1. The Kier molecular flexibility index (Phi) is 3.33. The Morgan fingerprint density at radius 3 is 2.50 bits per heavy atom. The van der Waals surface area contributed by atoms with Gasteiger partial charge in [0.15, 0.2) is 0 Å². The second-order valence-corrected chi connectivity index (χ2v) is 6.11. The molecule has 1 aliphatic carbocycles. The largest absolute Gasteiger partial charge is 0.338 e. The van der Waals surface area contributed by atoms with Crippen LogP contribution in [0.25, 0.3) is 0 Å². The highest BCUT2D eigenvalue weighted by Crippen LogP contribution is 2.35. The maximum Gasteiger partial charge on any atom is 0.254 e. The highest BCUT2D eigenvalue weighted by Gasteiger charge is 2.33. The second kappa shape index (κ2) is 4.96. The first-order valence-corrected chi connectivity index (χ1v) is 7.26. The number of amides is 1. The summed E-state index contributed by atoms with van der Waals surface area (Å²) in [6, 6.07) is 7.61. The number of fused-ring (bicyclic) bond motifs is 2. The second-order valence-electron chi connectivity index (χ2n) is 5.63. The summed E-state index contributed by atoms with van der Waals surface area (Å²) in [4.78, 5) is 15.4. The van der Waals surface area contributed by atoms with E-state index in [1.165, 1.54) is 25.7 Å². The quantitative estimate of drug-likeness (QED) is 0.770. The number of rotatable bonds is 1. The lowest BCUT2D eigenvalue weighted by molar-refractivity contribution is 0.0501. The Morgan fingerprint density at radius 2 is 1.83 bits per heavy atom. The van der Waals surface area contributed by atoms with Gasteiger partial charge in [-0.1, -0.05) is 18.6 Å². The molecule has 2 atom stereocenters. The van der Waals surface area contributed by atoms with Crippen LogP contribution < -0.4 is 0 Å². The van der Waals surface area contributed by atoms with Crippen LogP contribution in [0.3, 0.4) is 0 Å². The van der Waals surface area contributed by atoms with Crippen molar-refractivity contribution in [3.05, 3.63) is 29.8 Å². The predicted molar refractivity (Wildman–Crippen MR) is 75.0 cm³/mol. The van der Waals surface area contributed by atoms with Crippen LogP contribution in [-0.4, -0.2) is 23.9 Å². The number of nitrogens with zero attached hydrogens (tertiary/aromatic N) is 1. The van der Waals surface area contributed by atoms with E-state index >= 15 is 0 Å². The number of likely N-dealkylation sites (tertiary alicyclic amines) is 1. The number of hydrogen-bond acceptors (Lipinski definition) is 2. The van der Waals surface area contributed by atoms with Gasteiger partial charge in [0.25, 0.3) is 5.91 Å². The fraction of sp³-hybridized carbons (Fsp3) is 0.533. The molecule has 1 aromatic rings. The van der Waals surface area contributed by atoms with Gasteiger partial charge in [0, 0.05) is 18.0 Å². The van der Waals surface area contributed by atoms with Gasteiger partial charge in [-0.25, -0.2) is 0 Å². The fourth-order valence-electron chi connectivity index (χ4n) is 3.42. The van der Waals surface area contributed by atoms with E-state index in [0.717, 1.165) is 35.4 Å². The number of piperidine rings is 1. The molecule has 0 radical (unpaired) electrons. The molecule has 18 heavy (non-hydrogen) atoms. The number of benzene rings is 1. The number of carbonyl (C=O) groups excluding carboxylic acids is 1. The van der Waals surface area contributed by atoms with Gasteiger partial charge in [-0.3, -0.25) is 4.79 Å². The molecule has 96 valence electrons. The molecule has 1 heterocycles. The van der Waals surface area contributed by atoms with Crippen molar-refractivity contribution in [2.24, 2.45) is 11.8 Å². The molecule has 3 heteroatoms. The third kappa shape index (κ3) is 2.28. The highest BCUT2D eigenvalue weighted by molar-refractivity contribution is 7.80. The molecule has 0 N–H and O–H groups in total. The Hall–Kier alpha value is -0.960. The highest BCUT2D eigenvalue weighted by atomic mass is 32.1. The number of hydrogen-bond donors (Lipinski definition) is 1. The van der Waals surface area contributed by atoms with Crippen LogP contribution in [0.5, 0.6) is 0 Å². The molecule has 2 nitrogen and oxygen atoms in total. The Balaban J connectivity index is 1.79. The van der Waals surface area contributed by atoms with Gasteiger partial charge in [-0.2, -0.15) is 0 Å². The molecule has 0 spiro atoms. The molecule has 1 aromatic carbocycles. The van der Waals surface area contributed by atoms with Gasteiger partial charge in [-0.15, -0.1) is 12.6 Å². The smallest absolute Gasteiger partial charge is 0.254 e. The van der Waals surface area contributed by atoms with E-state index in [2.05, 4.69) is 12.6 Å². The van der Waals surface area contributed by atoms with Crippen LogP contribution in [0.1, 0.15) is 36.0 Å². The van der Waals surface area contributed by atoms with Crippen molar-refractivity contribution in [2.45, 2.75) is 30.6 Å². The summed E-state index contributed by atoms with van der Waals surface area (Å²) in [5, 5.41) is 0. The van der Waals surface area contributed by atoms with E-state index < -0.39 is 0 Å². The maximum atomic E-state index is 12.5. The lowest BCUT2D eigenvalue weighted by Crippen LogP contribution is -2.45. The summed E-state index contributed by atoms with van der Waals surface area (Å²) in [7, 11) is 0. The summed E-state index contributed by atoms with van der Waals surface area (Å²) >= 11 is 4.39. The van der Waals surface area contributed by atoms with Crippen molar-refractivity contribution in [3.8, 4) is 0 Å². The van der Waals surface area contributed by atoms with Crippen molar-refractivity contribution in [1.29, 1.82) is 0 Å². The minimum Gasteiger partial charge on any atom is -0.338 e. The lowest BCUT2D eigenvalue weighted by Gasteiger charge is -2.41. The molecular weight excluding hydrogens is 242 g/mol. The van der Waals surface area contributed by atoms with Crippen LogP contribution >= 0.6 is 12.6 Å². The zero-order valence-corrected chi connectivity index (χ0v) is 11.4. The summed E-state index contributed by atoms with van der Waals surface area (Å²) in [6.45, 7) is 1.88. The Bertz CT molecular complexity index is 448. The minimum atomic E-state index is 0.164. The van der Waals surface area contributed by atoms with Crippen LogP contribution in [0.15, 0.2) is 29.2 Å². The van der Waals surface area contributed by atoms with Gasteiger partial charge in [0.1, 0.15) is 0 Å². The molecule has 1 saturated heterocycles. The molecule has 2 fully saturated rings. The van der Waals surface area contributed by atoms with E-state index in [4.69, 9.17) is 0 Å². The Morgan fingerprint density at radius 1 is 1.17 bits per heavy atom. The third-order valence-electron chi connectivity index (χ3n) is 4.27. The summed E-state index contributed by atoms with van der Waals surface area (Å²) in [5.74, 6) is 1.62. The number of carbonyl (C=O) groups is 1. The predicted octanol–water partition coefficient (Wildman–Crippen LogP) is 3.24.